The highest BCUT2D eigenvalue weighted by atomic mass is 35.5. The summed E-state index contributed by atoms with van der Waals surface area (Å²) < 4.78 is 12.9. The molecule has 0 radical (unpaired) electrons. The Morgan fingerprint density at radius 2 is 2.07 bits per heavy atom. The Morgan fingerprint density at radius 1 is 1.29 bits per heavy atom. The lowest BCUT2D eigenvalue weighted by Gasteiger charge is -2.01. The Bertz CT molecular complexity index is 462. The minimum Gasteiger partial charge on any atom is -0.205 e. The maximum Gasteiger partial charge on any atom is 0.141 e. The molecule has 1 heterocycles. The summed E-state index contributed by atoms with van der Waals surface area (Å²) in [7, 11) is 0. The van der Waals surface area contributed by atoms with Crippen LogP contribution in [0.25, 0.3) is 10.4 Å². The van der Waals surface area contributed by atoms with Crippen molar-refractivity contribution in [1.82, 2.24) is 0 Å². The van der Waals surface area contributed by atoms with Gasteiger partial charge in [-0.05, 0) is 41.6 Å². The number of halogens is 2. The standard InChI is InChI=1S/C11H8ClFS/c1-7-4-5-14-11(7)8-2-3-10(13)9(12)6-8/h2-6H,1H3. The van der Waals surface area contributed by atoms with Crippen LogP contribution in [0.15, 0.2) is 29.6 Å². The van der Waals surface area contributed by atoms with Crippen molar-refractivity contribution in [3.8, 4) is 10.4 Å². The van der Waals surface area contributed by atoms with E-state index in [-0.39, 0.29) is 10.8 Å². The van der Waals surface area contributed by atoms with Gasteiger partial charge in [-0.3, -0.25) is 0 Å². The van der Waals surface area contributed by atoms with E-state index in [0.717, 1.165) is 10.4 Å². The van der Waals surface area contributed by atoms with E-state index in [2.05, 4.69) is 0 Å². The molecule has 0 fully saturated rings. The van der Waals surface area contributed by atoms with Crippen LogP contribution in [0, 0.1) is 12.7 Å². The van der Waals surface area contributed by atoms with E-state index in [1.807, 2.05) is 18.4 Å². The Hall–Kier alpha value is -0.860. The first-order chi connectivity index (χ1) is 6.68. The molecule has 0 aliphatic carbocycles. The highest BCUT2D eigenvalue weighted by Gasteiger charge is 2.06. The summed E-state index contributed by atoms with van der Waals surface area (Å²) >= 11 is 7.35. The topological polar surface area (TPSA) is 0 Å². The predicted molar refractivity (Wildman–Crippen MR) is 59.5 cm³/mol. The van der Waals surface area contributed by atoms with Gasteiger partial charge in [-0.2, -0.15) is 0 Å². The van der Waals surface area contributed by atoms with Crippen LogP contribution >= 0.6 is 22.9 Å². The van der Waals surface area contributed by atoms with Gasteiger partial charge in [0, 0.05) is 4.88 Å². The fourth-order valence-electron chi connectivity index (χ4n) is 1.31. The van der Waals surface area contributed by atoms with Crippen LogP contribution in [0.4, 0.5) is 4.39 Å². The van der Waals surface area contributed by atoms with Crippen molar-refractivity contribution in [2.75, 3.05) is 0 Å². The molecule has 0 aliphatic rings. The van der Waals surface area contributed by atoms with Crippen molar-refractivity contribution in [1.29, 1.82) is 0 Å². The molecule has 72 valence electrons. The number of hydrogen-bond donors (Lipinski definition) is 0. The van der Waals surface area contributed by atoms with E-state index < -0.39 is 0 Å². The van der Waals surface area contributed by atoms with Gasteiger partial charge in [-0.25, -0.2) is 4.39 Å². The summed E-state index contributed by atoms with van der Waals surface area (Å²) in [6.45, 7) is 2.03. The van der Waals surface area contributed by atoms with Gasteiger partial charge < -0.3 is 0 Å². The molecule has 0 spiro atoms. The van der Waals surface area contributed by atoms with Crippen molar-refractivity contribution in [2.45, 2.75) is 6.92 Å². The largest absolute Gasteiger partial charge is 0.205 e. The van der Waals surface area contributed by atoms with Crippen LogP contribution in [0.2, 0.25) is 5.02 Å². The molecule has 1 aromatic carbocycles. The maximum atomic E-state index is 12.9. The van der Waals surface area contributed by atoms with Crippen LogP contribution in [0.1, 0.15) is 5.56 Å². The number of hydrogen-bond acceptors (Lipinski definition) is 1. The third-order valence-corrected chi connectivity index (χ3v) is 3.40. The van der Waals surface area contributed by atoms with Crippen molar-refractivity contribution >= 4 is 22.9 Å². The average molecular weight is 227 g/mol. The van der Waals surface area contributed by atoms with Gasteiger partial charge in [0.15, 0.2) is 0 Å². The maximum absolute atomic E-state index is 12.9. The molecule has 14 heavy (non-hydrogen) atoms. The zero-order valence-electron chi connectivity index (χ0n) is 7.55. The van der Waals surface area contributed by atoms with E-state index in [0.29, 0.717) is 0 Å². The molecule has 0 amide bonds. The van der Waals surface area contributed by atoms with Gasteiger partial charge in [0.2, 0.25) is 0 Å². The number of benzene rings is 1. The van der Waals surface area contributed by atoms with E-state index in [4.69, 9.17) is 11.6 Å². The Kier molecular flexibility index (Phi) is 2.57. The predicted octanol–water partition coefficient (Wildman–Crippen LogP) is 4.52. The molecule has 2 aromatic rings. The highest BCUT2D eigenvalue weighted by molar-refractivity contribution is 7.13. The average Bonchev–Trinajstić information content (AvgIpc) is 2.57. The Balaban J connectivity index is 2.53. The van der Waals surface area contributed by atoms with E-state index in [9.17, 15) is 4.39 Å². The quantitative estimate of drug-likeness (QED) is 0.671. The lowest BCUT2D eigenvalue weighted by molar-refractivity contribution is 0.628. The Labute approximate surface area is 91.0 Å². The van der Waals surface area contributed by atoms with Gasteiger partial charge in [0.25, 0.3) is 0 Å². The third kappa shape index (κ3) is 1.68. The first-order valence-corrected chi connectivity index (χ1v) is 5.44. The van der Waals surface area contributed by atoms with E-state index in [1.165, 1.54) is 11.6 Å². The SMILES string of the molecule is Cc1ccsc1-c1ccc(F)c(Cl)c1. The van der Waals surface area contributed by atoms with Crippen molar-refractivity contribution in [2.24, 2.45) is 0 Å². The fourth-order valence-corrected chi connectivity index (χ4v) is 2.41. The lowest BCUT2D eigenvalue weighted by Crippen LogP contribution is -1.79. The minimum absolute atomic E-state index is 0.176. The minimum atomic E-state index is -0.371. The van der Waals surface area contributed by atoms with Crippen molar-refractivity contribution in [3.05, 3.63) is 46.0 Å². The summed E-state index contributed by atoms with van der Waals surface area (Å²) in [4.78, 5) is 1.15. The van der Waals surface area contributed by atoms with Crippen LogP contribution < -0.4 is 0 Å². The molecule has 2 rings (SSSR count). The summed E-state index contributed by atoms with van der Waals surface area (Å²) in [5, 5.41) is 2.19. The van der Waals surface area contributed by atoms with Crippen molar-refractivity contribution in [3.63, 3.8) is 0 Å². The van der Waals surface area contributed by atoms with Gasteiger partial charge in [0.05, 0.1) is 5.02 Å². The normalized spacial score (nSPS) is 10.5. The van der Waals surface area contributed by atoms with Gasteiger partial charge in [0.1, 0.15) is 5.82 Å². The molecule has 0 bridgehead atoms. The number of thiophene rings is 1. The third-order valence-electron chi connectivity index (χ3n) is 2.04. The van der Waals surface area contributed by atoms with Crippen molar-refractivity contribution < 1.29 is 4.39 Å². The second-order valence-electron chi connectivity index (χ2n) is 3.06. The highest BCUT2D eigenvalue weighted by Crippen LogP contribution is 2.31. The molecule has 0 saturated heterocycles. The van der Waals surface area contributed by atoms with Gasteiger partial charge >= 0.3 is 0 Å². The molecular formula is C11H8ClFS. The first kappa shape index (κ1) is 9.69. The molecule has 0 saturated carbocycles. The summed E-state index contributed by atoms with van der Waals surface area (Å²) in [5.41, 5.74) is 2.17. The molecule has 0 atom stereocenters. The summed E-state index contributed by atoms with van der Waals surface area (Å²) in [6.07, 6.45) is 0. The Morgan fingerprint density at radius 3 is 2.64 bits per heavy atom. The van der Waals surface area contributed by atoms with E-state index in [1.54, 1.807) is 23.5 Å². The first-order valence-electron chi connectivity index (χ1n) is 4.18. The molecule has 0 nitrogen and oxygen atoms in total. The lowest BCUT2D eigenvalue weighted by atomic mass is 10.1. The molecule has 0 N–H and O–H groups in total. The van der Waals surface area contributed by atoms with Crippen LogP contribution in [-0.4, -0.2) is 0 Å². The summed E-state index contributed by atoms with van der Waals surface area (Å²) in [5.74, 6) is -0.371. The number of rotatable bonds is 1. The van der Waals surface area contributed by atoms with Gasteiger partial charge in [-0.15, -0.1) is 11.3 Å². The zero-order chi connectivity index (χ0) is 10.1. The van der Waals surface area contributed by atoms with E-state index >= 15 is 0 Å². The molecule has 0 unspecified atom stereocenters. The zero-order valence-corrected chi connectivity index (χ0v) is 9.12. The smallest absolute Gasteiger partial charge is 0.141 e. The molecule has 1 aromatic heterocycles. The second kappa shape index (κ2) is 3.71. The second-order valence-corrected chi connectivity index (χ2v) is 4.38. The summed E-state index contributed by atoms with van der Waals surface area (Å²) in [6, 6.07) is 6.85. The molecule has 3 heteroatoms. The number of aryl methyl sites for hydroxylation is 1. The monoisotopic (exact) mass is 226 g/mol. The molecule has 0 aliphatic heterocycles. The van der Waals surface area contributed by atoms with Gasteiger partial charge in [-0.1, -0.05) is 17.7 Å². The van der Waals surface area contributed by atoms with Crippen LogP contribution in [0.3, 0.4) is 0 Å². The molecular weight excluding hydrogens is 219 g/mol. The van der Waals surface area contributed by atoms with Crippen LogP contribution in [-0.2, 0) is 0 Å². The van der Waals surface area contributed by atoms with Crippen LogP contribution in [0.5, 0.6) is 0 Å². The fraction of sp³-hybridized carbons (Fsp3) is 0.0909.